The molecule has 0 saturated heterocycles. The van der Waals surface area contributed by atoms with Crippen LogP contribution in [-0.2, 0) is 0 Å². The number of hydrogen-bond donors (Lipinski definition) is 0. The molecule has 0 aliphatic carbocycles. The Kier molecular flexibility index (Phi) is 2.84. The van der Waals surface area contributed by atoms with E-state index in [1.54, 1.807) is 13.0 Å². The van der Waals surface area contributed by atoms with E-state index < -0.39 is 0 Å². The van der Waals surface area contributed by atoms with Crippen LogP contribution in [0.5, 0.6) is 0 Å². The molecule has 78 valence electrons. The first-order valence-corrected chi connectivity index (χ1v) is 5.68. The van der Waals surface area contributed by atoms with Crippen molar-refractivity contribution in [3.63, 3.8) is 0 Å². The molecule has 1 aromatic heterocycles. The number of thiophene rings is 1. The van der Waals surface area contributed by atoms with Gasteiger partial charge in [-0.05, 0) is 41.6 Å². The SMILES string of the molecule is CC(=O)c1cc(-c2cccc(C#N)c2)cs1. The predicted molar refractivity (Wildman–Crippen MR) is 64.5 cm³/mol. The highest BCUT2D eigenvalue weighted by atomic mass is 32.1. The van der Waals surface area contributed by atoms with Gasteiger partial charge in [-0.15, -0.1) is 11.3 Å². The summed E-state index contributed by atoms with van der Waals surface area (Å²) in [6.07, 6.45) is 0. The van der Waals surface area contributed by atoms with Crippen LogP contribution < -0.4 is 0 Å². The maximum atomic E-state index is 11.2. The number of carbonyl (C=O) groups is 1. The van der Waals surface area contributed by atoms with Crippen LogP contribution >= 0.6 is 11.3 Å². The molecule has 0 fully saturated rings. The van der Waals surface area contributed by atoms with Crippen molar-refractivity contribution in [2.45, 2.75) is 6.92 Å². The average molecular weight is 227 g/mol. The van der Waals surface area contributed by atoms with Gasteiger partial charge in [-0.25, -0.2) is 0 Å². The fraction of sp³-hybridized carbons (Fsp3) is 0.0769. The minimum atomic E-state index is 0.0766. The van der Waals surface area contributed by atoms with E-state index in [0.717, 1.165) is 16.0 Å². The summed E-state index contributed by atoms with van der Waals surface area (Å²) < 4.78 is 0. The summed E-state index contributed by atoms with van der Waals surface area (Å²) in [7, 11) is 0. The van der Waals surface area contributed by atoms with E-state index in [4.69, 9.17) is 5.26 Å². The first kappa shape index (κ1) is 10.6. The summed E-state index contributed by atoms with van der Waals surface area (Å²) in [5, 5.41) is 10.7. The average Bonchev–Trinajstić information content (AvgIpc) is 2.78. The van der Waals surface area contributed by atoms with Gasteiger partial charge >= 0.3 is 0 Å². The molecular formula is C13H9NOS. The van der Waals surface area contributed by atoms with Crippen molar-refractivity contribution in [1.29, 1.82) is 5.26 Å². The van der Waals surface area contributed by atoms with E-state index in [1.807, 2.05) is 29.6 Å². The molecule has 0 spiro atoms. The number of nitriles is 1. The highest BCUT2D eigenvalue weighted by molar-refractivity contribution is 7.12. The van der Waals surface area contributed by atoms with E-state index in [0.29, 0.717) is 5.56 Å². The van der Waals surface area contributed by atoms with Gasteiger partial charge in [-0.3, -0.25) is 4.79 Å². The summed E-state index contributed by atoms with van der Waals surface area (Å²) in [4.78, 5) is 11.9. The Morgan fingerprint density at radius 2 is 2.12 bits per heavy atom. The van der Waals surface area contributed by atoms with E-state index in [2.05, 4.69) is 6.07 Å². The third kappa shape index (κ3) is 2.02. The lowest BCUT2D eigenvalue weighted by molar-refractivity contribution is 0.102. The first-order chi connectivity index (χ1) is 7.70. The highest BCUT2D eigenvalue weighted by Gasteiger charge is 2.06. The molecule has 1 aromatic carbocycles. The molecule has 0 saturated carbocycles. The van der Waals surface area contributed by atoms with Gasteiger partial charge in [-0.1, -0.05) is 12.1 Å². The molecule has 0 radical (unpaired) electrons. The largest absolute Gasteiger partial charge is 0.294 e. The Bertz CT molecular complexity index is 578. The predicted octanol–water partition coefficient (Wildman–Crippen LogP) is 3.49. The Morgan fingerprint density at radius 3 is 2.75 bits per heavy atom. The van der Waals surface area contributed by atoms with Gasteiger partial charge in [0.2, 0.25) is 0 Å². The molecule has 16 heavy (non-hydrogen) atoms. The standard InChI is InChI=1S/C13H9NOS/c1-9(15)13-6-12(8-16-13)11-4-2-3-10(5-11)7-14/h2-6,8H,1H3. The molecular weight excluding hydrogens is 218 g/mol. The number of carbonyl (C=O) groups excluding carboxylic acids is 1. The van der Waals surface area contributed by atoms with Crippen LogP contribution in [0.25, 0.3) is 11.1 Å². The summed E-state index contributed by atoms with van der Waals surface area (Å²) in [5.41, 5.74) is 2.60. The maximum absolute atomic E-state index is 11.2. The zero-order chi connectivity index (χ0) is 11.5. The van der Waals surface area contributed by atoms with Gasteiger partial charge in [0.15, 0.2) is 5.78 Å². The fourth-order valence-corrected chi connectivity index (χ4v) is 2.26. The van der Waals surface area contributed by atoms with E-state index in [1.165, 1.54) is 11.3 Å². The highest BCUT2D eigenvalue weighted by Crippen LogP contribution is 2.26. The molecule has 0 bridgehead atoms. The molecule has 1 heterocycles. The van der Waals surface area contributed by atoms with Gasteiger partial charge < -0.3 is 0 Å². The molecule has 0 N–H and O–H groups in total. The Hall–Kier alpha value is -1.92. The van der Waals surface area contributed by atoms with Gasteiger partial charge in [0.25, 0.3) is 0 Å². The second-order valence-corrected chi connectivity index (χ2v) is 4.36. The topological polar surface area (TPSA) is 40.9 Å². The molecule has 3 heteroatoms. The summed E-state index contributed by atoms with van der Waals surface area (Å²) in [6.45, 7) is 1.56. The lowest BCUT2D eigenvalue weighted by Crippen LogP contribution is -1.84. The quantitative estimate of drug-likeness (QED) is 0.737. The molecule has 0 aliphatic heterocycles. The van der Waals surface area contributed by atoms with Crippen molar-refractivity contribution in [2.24, 2.45) is 0 Å². The number of nitrogens with zero attached hydrogens (tertiary/aromatic N) is 1. The van der Waals surface area contributed by atoms with Crippen LogP contribution in [0.4, 0.5) is 0 Å². The molecule has 0 atom stereocenters. The molecule has 2 nitrogen and oxygen atoms in total. The number of hydrogen-bond acceptors (Lipinski definition) is 3. The monoisotopic (exact) mass is 227 g/mol. The summed E-state index contributed by atoms with van der Waals surface area (Å²) >= 11 is 1.43. The van der Waals surface area contributed by atoms with E-state index >= 15 is 0 Å². The smallest absolute Gasteiger partial charge is 0.169 e. The minimum Gasteiger partial charge on any atom is -0.294 e. The Balaban J connectivity index is 2.43. The van der Waals surface area contributed by atoms with Crippen molar-refractivity contribution in [3.8, 4) is 17.2 Å². The molecule has 0 unspecified atom stereocenters. The first-order valence-electron chi connectivity index (χ1n) is 4.80. The Labute approximate surface area is 97.8 Å². The maximum Gasteiger partial charge on any atom is 0.169 e. The fourth-order valence-electron chi connectivity index (χ4n) is 1.44. The normalized spacial score (nSPS) is 9.75. The van der Waals surface area contributed by atoms with Gasteiger partial charge in [0, 0.05) is 0 Å². The number of Topliss-reactive ketones (excluding diaryl/α,β-unsaturated/α-hetero) is 1. The minimum absolute atomic E-state index is 0.0766. The zero-order valence-corrected chi connectivity index (χ0v) is 9.54. The lowest BCUT2D eigenvalue weighted by atomic mass is 10.1. The van der Waals surface area contributed by atoms with Gasteiger partial charge in [0.05, 0.1) is 16.5 Å². The molecule has 0 amide bonds. The number of rotatable bonds is 2. The van der Waals surface area contributed by atoms with Crippen LogP contribution in [0.3, 0.4) is 0 Å². The summed E-state index contributed by atoms with van der Waals surface area (Å²) in [5.74, 6) is 0.0766. The van der Waals surface area contributed by atoms with Crippen LogP contribution in [0.2, 0.25) is 0 Å². The van der Waals surface area contributed by atoms with Crippen molar-refractivity contribution in [3.05, 3.63) is 46.2 Å². The van der Waals surface area contributed by atoms with Gasteiger partial charge in [-0.2, -0.15) is 5.26 Å². The van der Waals surface area contributed by atoms with E-state index in [-0.39, 0.29) is 5.78 Å². The van der Waals surface area contributed by atoms with Crippen LogP contribution in [-0.4, -0.2) is 5.78 Å². The van der Waals surface area contributed by atoms with Crippen LogP contribution in [0.15, 0.2) is 35.7 Å². The van der Waals surface area contributed by atoms with Crippen LogP contribution in [0, 0.1) is 11.3 Å². The molecule has 2 aromatic rings. The Morgan fingerprint density at radius 1 is 1.31 bits per heavy atom. The van der Waals surface area contributed by atoms with Crippen molar-refractivity contribution in [2.75, 3.05) is 0 Å². The third-order valence-electron chi connectivity index (χ3n) is 2.27. The van der Waals surface area contributed by atoms with Crippen molar-refractivity contribution in [1.82, 2.24) is 0 Å². The van der Waals surface area contributed by atoms with E-state index in [9.17, 15) is 4.79 Å². The molecule has 2 rings (SSSR count). The second-order valence-electron chi connectivity index (χ2n) is 3.45. The molecule has 0 aliphatic rings. The lowest BCUT2D eigenvalue weighted by Gasteiger charge is -1.97. The number of ketones is 1. The third-order valence-corrected chi connectivity index (χ3v) is 3.30. The van der Waals surface area contributed by atoms with Crippen LogP contribution in [0.1, 0.15) is 22.2 Å². The van der Waals surface area contributed by atoms with Gasteiger partial charge in [0.1, 0.15) is 0 Å². The van der Waals surface area contributed by atoms with Crippen molar-refractivity contribution >= 4 is 17.1 Å². The van der Waals surface area contributed by atoms with Crippen molar-refractivity contribution < 1.29 is 4.79 Å². The summed E-state index contributed by atoms with van der Waals surface area (Å²) in [6, 6.07) is 11.3. The zero-order valence-electron chi connectivity index (χ0n) is 8.73. The second kappa shape index (κ2) is 4.30. The number of benzene rings is 1.